The summed E-state index contributed by atoms with van der Waals surface area (Å²) in [5.41, 5.74) is 6.69. The number of piperazine rings is 1. The maximum atomic E-state index is 13.4. The molecule has 2 heterocycles. The number of nitrogens with two attached hydrogens (primary N) is 1. The first-order valence-corrected chi connectivity index (χ1v) is 12.8. The van der Waals surface area contributed by atoms with Crippen molar-refractivity contribution in [3.05, 3.63) is 60.2 Å². The fourth-order valence-electron chi connectivity index (χ4n) is 4.47. The standard InChI is InChI=1S/C25H33N5O4S/c1-33-21-9-5-6-10-22(21)34-19-25(27-11-16-35-25)30(24(32)17-23(26)31)29-14-12-28(13-15-29)18-20-7-3-2-4-8-20/h2-10,27H,11-19H2,1H3,(H2,26,31)/t25-/m0/s1. The van der Waals surface area contributed by atoms with E-state index in [4.69, 9.17) is 15.2 Å². The highest BCUT2D eigenvalue weighted by Crippen LogP contribution is 2.36. The summed E-state index contributed by atoms with van der Waals surface area (Å²) in [5.74, 6) is 1.05. The molecule has 9 nitrogen and oxygen atoms in total. The summed E-state index contributed by atoms with van der Waals surface area (Å²) in [5, 5.41) is 7.19. The van der Waals surface area contributed by atoms with Crippen molar-refractivity contribution in [1.82, 2.24) is 20.2 Å². The fourth-order valence-corrected chi connectivity index (χ4v) is 5.70. The smallest absolute Gasteiger partial charge is 0.248 e. The molecular formula is C25H33N5O4S. The number of methoxy groups -OCH3 is 1. The van der Waals surface area contributed by atoms with Crippen LogP contribution in [0.15, 0.2) is 54.6 Å². The lowest BCUT2D eigenvalue weighted by molar-refractivity contribution is -0.168. The summed E-state index contributed by atoms with van der Waals surface area (Å²) in [7, 11) is 1.60. The highest BCUT2D eigenvalue weighted by atomic mass is 32.2. The minimum absolute atomic E-state index is 0.187. The molecule has 4 rings (SSSR count). The van der Waals surface area contributed by atoms with Crippen LogP contribution in [-0.2, 0) is 16.1 Å². The largest absolute Gasteiger partial charge is 0.493 e. The van der Waals surface area contributed by atoms with Crippen LogP contribution in [0.2, 0.25) is 0 Å². The van der Waals surface area contributed by atoms with E-state index < -0.39 is 10.9 Å². The SMILES string of the molecule is COc1ccccc1OC[C@@]1(N(C(=O)CC(N)=O)N2CCN(Cc3ccccc3)CC2)NCCS1. The zero-order valence-corrected chi connectivity index (χ0v) is 20.8. The van der Waals surface area contributed by atoms with E-state index >= 15 is 0 Å². The summed E-state index contributed by atoms with van der Waals surface area (Å²) < 4.78 is 11.6. The van der Waals surface area contributed by atoms with E-state index in [9.17, 15) is 9.59 Å². The zero-order chi connectivity index (χ0) is 24.7. The van der Waals surface area contributed by atoms with Gasteiger partial charge in [-0.1, -0.05) is 42.5 Å². The third kappa shape index (κ3) is 6.26. The second-order valence-corrected chi connectivity index (χ2v) is 9.94. The van der Waals surface area contributed by atoms with E-state index in [-0.39, 0.29) is 18.9 Å². The number of primary amides is 1. The second-order valence-electron chi connectivity index (χ2n) is 8.56. The Morgan fingerprint density at radius 2 is 1.74 bits per heavy atom. The third-order valence-corrected chi connectivity index (χ3v) is 7.44. The first-order valence-electron chi connectivity index (χ1n) is 11.8. The van der Waals surface area contributed by atoms with Crippen LogP contribution in [0.4, 0.5) is 0 Å². The molecular weight excluding hydrogens is 466 g/mol. The number of nitrogens with zero attached hydrogens (tertiary/aromatic N) is 3. The van der Waals surface area contributed by atoms with Crippen LogP contribution in [0, 0.1) is 0 Å². The Kier molecular flexibility index (Phi) is 8.50. The number of benzene rings is 2. The number of ether oxygens (including phenoxy) is 2. The van der Waals surface area contributed by atoms with Crippen molar-refractivity contribution in [1.29, 1.82) is 0 Å². The van der Waals surface area contributed by atoms with Gasteiger partial charge < -0.3 is 15.2 Å². The lowest BCUT2D eigenvalue weighted by Gasteiger charge is -2.48. The fraction of sp³-hybridized carbons (Fsp3) is 0.440. The van der Waals surface area contributed by atoms with Crippen molar-refractivity contribution in [2.45, 2.75) is 18.0 Å². The van der Waals surface area contributed by atoms with Gasteiger partial charge in [0.1, 0.15) is 13.0 Å². The normalized spacial score (nSPS) is 20.9. The van der Waals surface area contributed by atoms with Crippen LogP contribution in [0.25, 0.3) is 0 Å². The summed E-state index contributed by atoms with van der Waals surface area (Å²) in [6.45, 7) is 4.65. The molecule has 35 heavy (non-hydrogen) atoms. The maximum absolute atomic E-state index is 13.4. The Morgan fingerprint density at radius 3 is 2.37 bits per heavy atom. The van der Waals surface area contributed by atoms with Crippen molar-refractivity contribution < 1.29 is 19.1 Å². The quantitative estimate of drug-likeness (QED) is 0.475. The van der Waals surface area contributed by atoms with Gasteiger partial charge in [-0.15, -0.1) is 11.8 Å². The first kappa shape index (κ1) is 25.3. The lowest BCUT2D eigenvalue weighted by Crippen LogP contribution is -2.68. The van der Waals surface area contributed by atoms with Crippen molar-refractivity contribution in [2.24, 2.45) is 5.73 Å². The molecule has 2 amide bonds. The minimum Gasteiger partial charge on any atom is -0.493 e. The molecule has 2 aliphatic rings. The molecule has 10 heteroatoms. The average molecular weight is 500 g/mol. The summed E-state index contributed by atoms with van der Waals surface area (Å²) in [6, 6.07) is 17.8. The number of hydrogen-bond acceptors (Lipinski definition) is 8. The van der Waals surface area contributed by atoms with Crippen LogP contribution in [0.3, 0.4) is 0 Å². The molecule has 0 aromatic heterocycles. The van der Waals surface area contributed by atoms with Crippen LogP contribution < -0.4 is 20.5 Å². The number of rotatable bonds is 10. The number of nitrogens with one attached hydrogen (secondary N) is 1. The van der Waals surface area contributed by atoms with Gasteiger partial charge >= 0.3 is 0 Å². The van der Waals surface area contributed by atoms with Gasteiger partial charge in [0.05, 0.1) is 7.11 Å². The zero-order valence-electron chi connectivity index (χ0n) is 20.0. The van der Waals surface area contributed by atoms with E-state index in [2.05, 4.69) is 22.3 Å². The number of carbonyl (C=O) groups is 2. The van der Waals surface area contributed by atoms with Crippen LogP contribution in [0.1, 0.15) is 12.0 Å². The monoisotopic (exact) mass is 499 g/mol. The summed E-state index contributed by atoms with van der Waals surface area (Å²) in [6.07, 6.45) is -0.358. The molecule has 0 saturated carbocycles. The van der Waals surface area contributed by atoms with Crippen LogP contribution in [-0.4, -0.2) is 83.9 Å². The number of para-hydroxylation sites is 2. The van der Waals surface area contributed by atoms with Gasteiger partial charge in [0.25, 0.3) is 0 Å². The predicted octanol–water partition coefficient (Wildman–Crippen LogP) is 1.50. The average Bonchev–Trinajstić information content (AvgIpc) is 3.34. The van der Waals surface area contributed by atoms with E-state index in [0.29, 0.717) is 31.1 Å². The molecule has 3 N–H and O–H groups in total. The van der Waals surface area contributed by atoms with E-state index in [1.165, 1.54) is 5.56 Å². The van der Waals surface area contributed by atoms with Gasteiger partial charge in [-0.3, -0.25) is 19.8 Å². The molecule has 0 unspecified atom stereocenters. The molecule has 2 saturated heterocycles. The highest BCUT2D eigenvalue weighted by molar-refractivity contribution is 8.00. The molecule has 0 bridgehead atoms. The van der Waals surface area contributed by atoms with Gasteiger partial charge in [-0.05, 0) is 17.7 Å². The Labute approximate surface area is 210 Å². The molecule has 0 radical (unpaired) electrons. The summed E-state index contributed by atoms with van der Waals surface area (Å²) in [4.78, 5) is 26.6. The van der Waals surface area contributed by atoms with Gasteiger partial charge in [0.15, 0.2) is 16.5 Å². The minimum atomic E-state index is -0.852. The number of thioether (sulfide) groups is 1. The Balaban J connectivity index is 1.51. The molecule has 2 fully saturated rings. The first-order chi connectivity index (χ1) is 17.0. The summed E-state index contributed by atoms with van der Waals surface area (Å²) >= 11 is 1.60. The predicted molar refractivity (Wildman–Crippen MR) is 136 cm³/mol. The van der Waals surface area contributed by atoms with Crippen molar-refractivity contribution in [3.8, 4) is 11.5 Å². The van der Waals surface area contributed by atoms with Crippen LogP contribution in [0.5, 0.6) is 11.5 Å². The molecule has 0 aliphatic carbocycles. The van der Waals surface area contributed by atoms with Crippen molar-refractivity contribution >= 4 is 23.6 Å². The number of carbonyl (C=O) groups excluding carboxylic acids is 2. The van der Waals surface area contributed by atoms with Gasteiger partial charge in [-0.2, -0.15) is 0 Å². The Morgan fingerprint density at radius 1 is 1.06 bits per heavy atom. The molecule has 1 atom stereocenters. The van der Waals surface area contributed by atoms with E-state index in [1.54, 1.807) is 23.9 Å². The topological polar surface area (TPSA) is 100 Å². The van der Waals surface area contributed by atoms with Gasteiger partial charge in [-0.25, -0.2) is 10.0 Å². The molecule has 0 spiro atoms. The van der Waals surface area contributed by atoms with E-state index in [1.807, 2.05) is 47.5 Å². The van der Waals surface area contributed by atoms with Crippen LogP contribution >= 0.6 is 11.8 Å². The number of hydrogen-bond donors (Lipinski definition) is 2. The Hall–Kier alpha value is -2.79. The van der Waals surface area contributed by atoms with Gasteiger partial charge in [0.2, 0.25) is 11.8 Å². The molecule has 188 valence electrons. The van der Waals surface area contributed by atoms with Crippen molar-refractivity contribution in [3.63, 3.8) is 0 Å². The molecule has 2 aromatic carbocycles. The third-order valence-electron chi connectivity index (χ3n) is 6.12. The molecule has 2 aliphatic heterocycles. The maximum Gasteiger partial charge on any atom is 0.248 e. The van der Waals surface area contributed by atoms with Gasteiger partial charge in [0, 0.05) is 45.0 Å². The second kappa shape index (κ2) is 11.8. The van der Waals surface area contributed by atoms with E-state index in [0.717, 1.165) is 25.4 Å². The lowest BCUT2D eigenvalue weighted by atomic mass is 10.2. The Bertz CT molecular complexity index is 994. The number of hydrazine groups is 1. The highest BCUT2D eigenvalue weighted by Gasteiger charge is 2.47. The molecule has 2 aromatic rings. The van der Waals surface area contributed by atoms with Crippen molar-refractivity contribution in [2.75, 3.05) is 52.2 Å². The number of amides is 2.